The molecule has 0 N–H and O–H groups in total. The van der Waals surface area contributed by atoms with Gasteiger partial charge in [-0.25, -0.2) is 8.78 Å². The van der Waals surface area contributed by atoms with Crippen LogP contribution in [-0.2, 0) is 20.5 Å². The Hall–Kier alpha value is -3.48. The Balaban J connectivity index is 1.68. The van der Waals surface area contributed by atoms with Gasteiger partial charge < -0.3 is 9.47 Å². The van der Waals surface area contributed by atoms with Gasteiger partial charge in [0.2, 0.25) is 0 Å². The molecule has 4 aromatic rings. The monoisotopic (exact) mass is 462 g/mol. The molecule has 0 spiro atoms. The molecule has 3 heterocycles. The summed E-state index contributed by atoms with van der Waals surface area (Å²) in [6.07, 6.45) is 4.87. The van der Waals surface area contributed by atoms with Crippen molar-refractivity contribution in [1.29, 1.82) is 0 Å². The predicted molar refractivity (Wildman–Crippen MR) is 131 cm³/mol. The standard InChI is InChI=1S/C27H28F2N4O/c1-5-26(34)22-15-31(3)25-9-16(2)23(11-20(22)25)33-8-6-7-17-10-19(18-13-30-32(4)14-18)21(27(28)29)12-24(17)33/h9-15,27H,5-8H2,1-4H3. The molecule has 0 bridgehead atoms. The van der Waals surface area contributed by atoms with Crippen LogP contribution in [0.2, 0.25) is 0 Å². The van der Waals surface area contributed by atoms with Crippen LogP contribution in [0.15, 0.2) is 42.9 Å². The average molecular weight is 463 g/mol. The highest BCUT2D eigenvalue weighted by Crippen LogP contribution is 2.43. The Labute approximate surface area is 197 Å². The van der Waals surface area contributed by atoms with Gasteiger partial charge >= 0.3 is 0 Å². The van der Waals surface area contributed by atoms with Gasteiger partial charge in [-0.15, -0.1) is 0 Å². The third-order valence-electron chi connectivity index (χ3n) is 6.84. The number of rotatable bonds is 5. The number of fused-ring (bicyclic) bond motifs is 2. The molecule has 0 saturated heterocycles. The van der Waals surface area contributed by atoms with Crippen molar-refractivity contribution in [2.24, 2.45) is 14.1 Å². The molecule has 1 aliphatic rings. The zero-order valence-corrected chi connectivity index (χ0v) is 19.9. The van der Waals surface area contributed by atoms with Crippen molar-refractivity contribution in [3.05, 3.63) is 65.1 Å². The van der Waals surface area contributed by atoms with Crippen LogP contribution in [0.3, 0.4) is 0 Å². The van der Waals surface area contributed by atoms with Crippen LogP contribution in [-0.4, -0.2) is 26.7 Å². The maximum atomic E-state index is 14.2. The van der Waals surface area contributed by atoms with Crippen LogP contribution < -0.4 is 4.90 Å². The minimum absolute atomic E-state index is 0.0129. The molecule has 1 aliphatic heterocycles. The third kappa shape index (κ3) is 3.59. The molecular formula is C27H28F2N4O. The summed E-state index contributed by atoms with van der Waals surface area (Å²) in [5.74, 6) is 0.0977. The van der Waals surface area contributed by atoms with Gasteiger partial charge in [0.05, 0.1) is 6.20 Å². The summed E-state index contributed by atoms with van der Waals surface area (Å²) < 4.78 is 32.0. The number of carbonyl (C=O) groups is 1. The molecule has 5 rings (SSSR count). The van der Waals surface area contributed by atoms with Crippen molar-refractivity contribution < 1.29 is 13.6 Å². The van der Waals surface area contributed by atoms with Crippen molar-refractivity contribution in [2.75, 3.05) is 11.4 Å². The number of nitrogens with zero attached hydrogens (tertiary/aromatic N) is 4. The Bertz CT molecular complexity index is 1420. The SMILES string of the molecule is CCC(=O)c1cn(C)c2cc(C)c(N3CCCc4cc(-c5cnn(C)c5)c(C(F)F)cc43)cc12. The fraction of sp³-hybridized carbons (Fsp3) is 0.333. The first-order valence-electron chi connectivity index (χ1n) is 11.6. The van der Waals surface area contributed by atoms with Crippen molar-refractivity contribution in [3.8, 4) is 11.1 Å². The van der Waals surface area contributed by atoms with E-state index < -0.39 is 6.43 Å². The first kappa shape index (κ1) is 22.3. The van der Waals surface area contributed by atoms with Gasteiger partial charge in [0, 0.05) is 78.4 Å². The molecule has 2 aromatic heterocycles. The molecule has 0 atom stereocenters. The number of anilines is 2. The number of hydrogen-bond donors (Lipinski definition) is 0. The van der Waals surface area contributed by atoms with E-state index in [-0.39, 0.29) is 11.3 Å². The summed E-state index contributed by atoms with van der Waals surface area (Å²) in [7, 11) is 3.73. The Morgan fingerprint density at radius 3 is 2.59 bits per heavy atom. The van der Waals surface area contributed by atoms with E-state index in [1.165, 1.54) is 0 Å². The number of Topliss-reactive ketones (excluding diaryl/α,β-unsaturated/α-hetero) is 1. The molecule has 5 nitrogen and oxygen atoms in total. The number of benzene rings is 2. The maximum Gasteiger partial charge on any atom is 0.264 e. The van der Waals surface area contributed by atoms with Crippen molar-refractivity contribution in [2.45, 2.75) is 39.5 Å². The Morgan fingerprint density at radius 1 is 1.12 bits per heavy atom. The first-order valence-corrected chi connectivity index (χ1v) is 11.6. The lowest BCUT2D eigenvalue weighted by Crippen LogP contribution is -2.25. The number of aryl methyl sites for hydroxylation is 4. The molecule has 0 radical (unpaired) electrons. The summed E-state index contributed by atoms with van der Waals surface area (Å²) in [5.41, 5.74) is 6.82. The Morgan fingerprint density at radius 2 is 1.91 bits per heavy atom. The van der Waals surface area contributed by atoms with E-state index in [9.17, 15) is 13.6 Å². The largest absolute Gasteiger partial charge is 0.350 e. The minimum atomic E-state index is -2.60. The van der Waals surface area contributed by atoms with E-state index in [1.807, 2.05) is 37.7 Å². The number of halogens is 2. The second-order valence-corrected chi connectivity index (χ2v) is 9.11. The second-order valence-electron chi connectivity index (χ2n) is 9.11. The van der Waals surface area contributed by atoms with Gasteiger partial charge in [0.1, 0.15) is 0 Å². The lowest BCUT2D eigenvalue weighted by atomic mass is 9.92. The van der Waals surface area contributed by atoms with E-state index in [4.69, 9.17) is 0 Å². The van der Waals surface area contributed by atoms with E-state index in [0.29, 0.717) is 23.1 Å². The molecule has 2 aromatic carbocycles. The van der Waals surface area contributed by atoms with E-state index in [0.717, 1.165) is 52.8 Å². The van der Waals surface area contributed by atoms with Gasteiger partial charge in [-0.3, -0.25) is 9.48 Å². The third-order valence-corrected chi connectivity index (χ3v) is 6.84. The summed E-state index contributed by atoms with van der Waals surface area (Å²) in [4.78, 5) is 14.7. The second kappa shape index (κ2) is 8.38. The van der Waals surface area contributed by atoms with Crippen molar-refractivity contribution >= 4 is 28.1 Å². The summed E-state index contributed by atoms with van der Waals surface area (Å²) in [5, 5.41) is 5.08. The molecule has 176 valence electrons. The summed E-state index contributed by atoms with van der Waals surface area (Å²) in [6, 6.07) is 7.69. The zero-order valence-electron chi connectivity index (χ0n) is 19.9. The maximum absolute atomic E-state index is 14.2. The number of alkyl halides is 2. The molecule has 0 fully saturated rings. The highest BCUT2D eigenvalue weighted by molar-refractivity contribution is 6.09. The molecular weight excluding hydrogens is 434 g/mol. The summed E-state index contributed by atoms with van der Waals surface area (Å²) in [6.45, 7) is 4.64. The molecule has 0 unspecified atom stereocenters. The average Bonchev–Trinajstić information content (AvgIpc) is 3.39. The van der Waals surface area contributed by atoms with Crippen LogP contribution in [0, 0.1) is 6.92 Å². The normalized spacial score (nSPS) is 13.7. The van der Waals surface area contributed by atoms with Gasteiger partial charge in [-0.1, -0.05) is 6.92 Å². The van der Waals surface area contributed by atoms with Crippen LogP contribution in [0.25, 0.3) is 22.0 Å². The Kier molecular flexibility index (Phi) is 5.50. The van der Waals surface area contributed by atoms with E-state index in [2.05, 4.69) is 22.1 Å². The molecule has 0 amide bonds. The highest BCUT2D eigenvalue weighted by Gasteiger charge is 2.26. The first-order chi connectivity index (χ1) is 16.3. The van der Waals surface area contributed by atoms with Crippen molar-refractivity contribution in [1.82, 2.24) is 14.3 Å². The van der Waals surface area contributed by atoms with Gasteiger partial charge in [-0.2, -0.15) is 5.10 Å². The van der Waals surface area contributed by atoms with Crippen LogP contribution >= 0.6 is 0 Å². The van der Waals surface area contributed by atoms with Crippen LogP contribution in [0.1, 0.15) is 53.2 Å². The smallest absolute Gasteiger partial charge is 0.264 e. The number of aromatic nitrogens is 3. The number of hydrogen-bond acceptors (Lipinski definition) is 3. The lowest BCUT2D eigenvalue weighted by Gasteiger charge is -2.33. The highest BCUT2D eigenvalue weighted by atomic mass is 19.3. The van der Waals surface area contributed by atoms with E-state index in [1.54, 1.807) is 30.2 Å². The number of carbonyl (C=O) groups excluding carboxylic acids is 1. The zero-order chi connectivity index (χ0) is 24.1. The van der Waals surface area contributed by atoms with Crippen molar-refractivity contribution in [3.63, 3.8) is 0 Å². The molecule has 7 heteroatoms. The molecule has 34 heavy (non-hydrogen) atoms. The molecule has 0 aliphatic carbocycles. The van der Waals surface area contributed by atoms with Gasteiger partial charge in [0.25, 0.3) is 6.43 Å². The lowest BCUT2D eigenvalue weighted by molar-refractivity contribution is 0.0989. The fourth-order valence-electron chi connectivity index (χ4n) is 5.11. The van der Waals surface area contributed by atoms with Crippen LogP contribution in [0.4, 0.5) is 20.2 Å². The fourth-order valence-corrected chi connectivity index (χ4v) is 5.11. The predicted octanol–water partition coefficient (Wildman–Crippen LogP) is 6.50. The quantitative estimate of drug-likeness (QED) is 0.318. The minimum Gasteiger partial charge on any atom is -0.350 e. The van der Waals surface area contributed by atoms with Gasteiger partial charge in [0.15, 0.2) is 5.78 Å². The van der Waals surface area contributed by atoms with Crippen LogP contribution in [0.5, 0.6) is 0 Å². The van der Waals surface area contributed by atoms with Gasteiger partial charge in [-0.05, 0) is 60.7 Å². The number of ketones is 1. The summed E-state index contributed by atoms with van der Waals surface area (Å²) >= 11 is 0. The topological polar surface area (TPSA) is 43.1 Å². The van der Waals surface area contributed by atoms with E-state index >= 15 is 0 Å². The molecule has 0 saturated carbocycles.